The van der Waals surface area contributed by atoms with Crippen LogP contribution in [0.15, 0.2) is 29.4 Å². The molecule has 0 saturated carbocycles. The molecule has 1 fully saturated rings. The topological polar surface area (TPSA) is 124 Å². The second-order valence-corrected chi connectivity index (χ2v) is 18.2. The number of hydrogen-bond acceptors (Lipinski definition) is 9. The van der Waals surface area contributed by atoms with Gasteiger partial charge < -0.3 is 23.1 Å². The van der Waals surface area contributed by atoms with E-state index < -0.39 is 58.8 Å². The maximum atomic E-state index is 14.2. The minimum atomic E-state index is -3.80. The lowest BCUT2D eigenvalue weighted by Crippen LogP contribution is -2.68. The monoisotopic (exact) mass is 644 g/mol. The zero-order chi connectivity index (χ0) is 32.0. The molecule has 0 aliphatic carbocycles. The number of pyridine rings is 1. The number of aromatic nitrogens is 1. The summed E-state index contributed by atoms with van der Waals surface area (Å²) in [4.78, 5) is 46.8. The predicted molar refractivity (Wildman–Crippen MR) is 170 cm³/mol. The maximum absolute atomic E-state index is 14.2. The molecule has 1 aliphatic heterocycles. The molecule has 2 heterocycles. The standard InChI is InChI=1S/C29H49N2O8PSSi/c1-18(2)37-40(38-19(3)4,39-20(5)6)27(28(34)35)31-23(15-24(32)41-21-13-12-14-30-16-21)25(26(31)33)22(29(7,8)9)17-36-42(10)11/h12-14,16,18-20,22-23,25,42H,15,17H2,1-11H3,(H,34,35). The molecule has 13 heteroatoms. The Balaban J connectivity index is 2.76. The second-order valence-electron chi connectivity index (χ2n) is 12.6. The van der Waals surface area contributed by atoms with E-state index in [0.717, 1.165) is 11.8 Å². The van der Waals surface area contributed by atoms with Crippen LogP contribution in [0.2, 0.25) is 13.1 Å². The van der Waals surface area contributed by atoms with Crippen molar-refractivity contribution in [1.29, 1.82) is 0 Å². The van der Waals surface area contributed by atoms with E-state index in [1.807, 2.05) is 20.8 Å². The number of carboxylic acids is 1. The summed E-state index contributed by atoms with van der Waals surface area (Å²) in [6.45, 7) is 21.1. The molecule has 1 saturated heterocycles. The Morgan fingerprint density at radius 1 is 1.07 bits per heavy atom. The number of aliphatic carboxylic acids is 1. The summed E-state index contributed by atoms with van der Waals surface area (Å²) in [6, 6.07) is 2.76. The van der Waals surface area contributed by atoms with Crippen molar-refractivity contribution in [2.45, 2.75) is 111 Å². The Labute approximate surface area is 257 Å². The Morgan fingerprint density at radius 2 is 1.62 bits per heavy atom. The van der Waals surface area contributed by atoms with Gasteiger partial charge in [-0.3, -0.25) is 19.5 Å². The second kappa shape index (κ2) is 15.5. The fraction of sp³-hybridized carbons (Fsp3) is 0.690. The number of rotatable bonds is 15. The van der Waals surface area contributed by atoms with Gasteiger partial charge in [-0.1, -0.05) is 32.5 Å². The van der Waals surface area contributed by atoms with Gasteiger partial charge in [0.25, 0.3) is 7.57 Å². The van der Waals surface area contributed by atoms with Crippen LogP contribution in [-0.2, 0) is 32.4 Å². The first kappa shape index (κ1) is 36.7. The minimum absolute atomic E-state index is 0.0799. The number of nitrogens with zero attached hydrogens (tertiary/aromatic N) is 2. The van der Waals surface area contributed by atoms with Gasteiger partial charge in [0.1, 0.15) is 0 Å². The zero-order valence-corrected chi connectivity index (χ0v) is 29.7. The third-order valence-corrected chi connectivity index (χ3v) is 11.1. The number of β-lactam (4-membered cyclic amide) rings is 1. The molecule has 10 nitrogen and oxygen atoms in total. The number of likely N-dealkylation sites (tertiary alicyclic amines) is 1. The summed E-state index contributed by atoms with van der Waals surface area (Å²) in [5.74, 6) is -2.69. The summed E-state index contributed by atoms with van der Waals surface area (Å²) in [7, 11) is -5.22. The van der Waals surface area contributed by atoms with E-state index >= 15 is 0 Å². The van der Waals surface area contributed by atoms with Gasteiger partial charge in [0, 0.05) is 30.3 Å². The number of amides is 1. The number of thioether (sulfide) groups is 1. The Hall–Kier alpha value is -1.53. The van der Waals surface area contributed by atoms with Crippen LogP contribution < -0.4 is 0 Å². The third-order valence-electron chi connectivity index (χ3n) is 6.39. The highest BCUT2D eigenvalue weighted by atomic mass is 32.2. The zero-order valence-electron chi connectivity index (χ0n) is 26.8. The fourth-order valence-corrected chi connectivity index (χ4v) is 9.06. The Morgan fingerprint density at radius 3 is 2.02 bits per heavy atom. The van der Waals surface area contributed by atoms with E-state index in [9.17, 15) is 19.5 Å². The average molecular weight is 645 g/mol. The van der Waals surface area contributed by atoms with Crippen molar-refractivity contribution in [3.8, 4) is 0 Å². The van der Waals surface area contributed by atoms with Gasteiger partial charge >= 0.3 is 5.97 Å². The summed E-state index contributed by atoms with van der Waals surface area (Å²) in [5, 5.41) is 10.5. The quantitative estimate of drug-likeness (QED) is 0.108. The molecule has 0 aromatic carbocycles. The Bertz CT molecular complexity index is 1110. The summed E-state index contributed by atoms with van der Waals surface area (Å²) in [5.41, 5.74) is -0.740. The molecule has 1 N–H and O–H groups in total. The first-order valence-corrected chi connectivity index (χ1v) is 19.6. The highest BCUT2D eigenvalue weighted by molar-refractivity contribution is 8.13. The molecule has 1 aromatic heterocycles. The van der Waals surface area contributed by atoms with Gasteiger partial charge in [-0.15, -0.1) is 0 Å². The maximum Gasteiger partial charge on any atom is 0.359 e. The van der Waals surface area contributed by atoms with Crippen molar-refractivity contribution in [3.05, 3.63) is 24.5 Å². The predicted octanol–water partition coefficient (Wildman–Crippen LogP) is 5.83. The largest absolute Gasteiger partial charge is 0.476 e. The van der Waals surface area contributed by atoms with Crippen LogP contribution in [0, 0.1) is 17.3 Å². The van der Waals surface area contributed by atoms with Gasteiger partial charge in [0.2, 0.25) is 11.3 Å². The van der Waals surface area contributed by atoms with Crippen molar-refractivity contribution >= 4 is 50.8 Å². The van der Waals surface area contributed by atoms with Gasteiger partial charge in [0.05, 0.1) is 30.3 Å². The molecule has 3 atom stereocenters. The SMILES string of the molecule is CC(C)OP(OC(C)C)(OC(C)C)=C(C(=O)O)N1C(=O)C(C(CO[SiH](C)C)C(C)(C)C)C1CC(=O)Sc1cccnc1. The molecule has 42 heavy (non-hydrogen) atoms. The van der Waals surface area contributed by atoms with Crippen LogP contribution in [0.4, 0.5) is 0 Å². The van der Waals surface area contributed by atoms with Crippen LogP contribution in [0.1, 0.15) is 68.7 Å². The molecule has 0 bridgehead atoms. The van der Waals surface area contributed by atoms with E-state index in [2.05, 4.69) is 18.1 Å². The normalized spacial score (nSPS) is 18.6. The summed E-state index contributed by atoms with van der Waals surface area (Å²) >= 11 is 1.02. The fourth-order valence-electron chi connectivity index (χ4n) is 4.84. The lowest BCUT2D eigenvalue weighted by atomic mass is 9.66. The molecule has 238 valence electrons. The highest BCUT2D eigenvalue weighted by Gasteiger charge is 2.59. The smallest absolute Gasteiger partial charge is 0.359 e. The van der Waals surface area contributed by atoms with Gasteiger partial charge in [-0.25, -0.2) is 4.79 Å². The van der Waals surface area contributed by atoms with E-state index in [4.69, 9.17) is 18.0 Å². The molecule has 1 aliphatic rings. The number of carboxylic acid groups (broad SMARTS) is 1. The lowest BCUT2D eigenvalue weighted by Gasteiger charge is -2.53. The number of hydrogen-bond donors (Lipinski definition) is 1. The van der Waals surface area contributed by atoms with Crippen LogP contribution >= 0.6 is 19.3 Å². The molecule has 1 aromatic rings. The number of carbonyl (C=O) groups is 3. The molecule has 0 spiro atoms. The van der Waals surface area contributed by atoms with Gasteiger partial charge in [0.15, 0.2) is 14.2 Å². The van der Waals surface area contributed by atoms with Crippen LogP contribution in [0.25, 0.3) is 0 Å². The number of carbonyl (C=O) groups excluding carboxylic acids is 2. The average Bonchev–Trinajstić information content (AvgIpc) is 2.82. The lowest BCUT2D eigenvalue weighted by molar-refractivity contribution is -0.159. The molecule has 3 unspecified atom stereocenters. The van der Waals surface area contributed by atoms with Gasteiger partial charge in [-0.05, 0) is 78.1 Å². The molecule has 1 amide bonds. The van der Waals surface area contributed by atoms with Crippen molar-refractivity contribution in [1.82, 2.24) is 9.88 Å². The van der Waals surface area contributed by atoms with Crippen molar-refractivity contribution in [2.75, 3.05) is 6.61 Å². The first-order chi connectivity index (χ1) is 19.4. The van der Waals surface area contributed by atoms with Crippen molar-refractivity contribution in [3.63, 3.8) is 0 Å². The highest BCUT2D eigenvalue weighted by Crippen LogP contribution is 2.58. The van der Waals surface area contributed by atoms with Gasteiger partial charge in [-0.2, -0.15) is 0 Å². The molecular formula is C29H49N2O8PSSi. The van der Waals surface area contributed by atoms with Crippen LogP contribution in [-0.4, -0.2) is 77.4 Å². The molecular weight excluding hydrogens is 595 g/mol. The minimum Gasteiger partial charge on any atom is -0.476 e. The van der Waals surface area contributed by atoms with E-state index in [-0.39, 0.29) is 28.3 Å². The van der Waals surface area contributed by atoms with E-state index in [0.29, 0.717) is 11.5 Å². The van der Waals surface area contributed by atoms with Crippen LogP contribution in [0.5, 0.6) is 0 Å². The van der Waals surface area contributed by atoms with Crippen molar-refractivity contribution < 1.29 is 37.5 Å². The molecule has 0 radical (unpaired) electrons. The Kier molecular flexibility index (Phi) is 13.5. The van der Waals surface area contributed by atoms with Crippen LogP contribution in [0.3, 0.4) is 0 Å². The van der Waals surface area contributed by atoms with E-state index in [1.54, 1.807) is 66.1 Å². The van der Waals surface area contributed by atoms with E-state index in [1.165, 1.54) is 4.90 Å². The summed E-state index contributed by atoms with van der Waals surface area (Å²) in [6.07, 6.45) is 1.74. The summed E-state index contributed by atoms with van der Waals surface area (Å²) < 4.78 is 24.8. The third kappa shape index (κ3) is 9.74. The molecule has 2 rings (SSSR count). The first-order valence-electron chi connectivity index (χ1n) is 14.5. The van der Waals surface area contributed by atoms with Crippen molar-refractivity contribution in [2.24, 2.45) is 17.3 Å².